The lowest BCUT2D eigenvalue weighted by Crippen LogP contribution is -2.48. The van der Waals surface area contributed by atoms with Crippen LogP contribution in [0.4, 0.5) is 0 Å². The molecule has 37 heavy (non-hydrogen) atoms. The predicted octanol–water partition coefficient (Wildman–Crippen LogP) is 4.00. The largest absolute Gasteiger partial charge is 0.497 e. The molecule has 8 nitrogen and oxygen atoms in total. The number of ether oxygens (including phenoxy) is 4. The third-order valence-electron chi connectivity index (χ3n) is 6.13. The van der Waals surface area contributed by atoms with Crippen LogP contribution in [0.1, 0.15) is 23.6 Å². The fraction of sp³-hybridized carbons (Fsp3) is 0.310. The maximum Gasteiger partial charge on any atom is 0.242 e. The van der Waals surface area contributed by atoms with Crippen molar-refractivity contribution in [1.82, 2.24) is 10.2 Å². The van der Waals surface area contributed by atoms with Crippen molar-refractivity contribution in [2.45, 2.75) is 32.5 Å². The molecule has 0 unspecified atom stereocenters. The van der Waals surface area contributed by atoms with Gasteiger partial charge in [0.2, 0.25) is 11.8 Å². The van der Waals surface area contributed by atoms with Gasteiger partial charge in [0.05, 0.1) is 34.9 Å². The summed E-state index contributed by atoms with van der Waals surface area (Å²) in [5.41, 5.74) is 2.48. The second-order valence-electron chi connectivity index (χ2n) is 8.44. The molecule has 0 saturated heterocycles. The van der Waals surface area contributed by atoms with Crippen LogP contribution in [0.25, 0.3) is 0 Å². The average Bonchev–Trinajstić information content (AvgIpc) is 2.94. The van der Waals surface area contributed by atoms with E-state index < -0.39 is 6.04 Å². The van der Waals surface area contributed by atoms with Crippen molar-refractivity contribution >= 4 is 11.8 Å². The second-order valence-corrected chi connectivity index (χ2v) is 8.44. The maximum absolute atomic E-state index is 13.5. The smallest absolute Gasteiger partial charge is 0.242 e. The minimum atomic E-state index is -0.718. The highest BCUT2D eigenvalue weighted by Crippen LogP contribution is 2.28. The zero-order chi connectivity index (χ0) is 26.8. The van der Waals surface area contributed by atoms with Gasteiger partial charge in [0.15, 0.2) is 11.5 Å². The summed E-state index contributed by atoms with van der Waals surface area (Å²) < 4.78 is 21.3. The van der Waals surface area contributed by atoms with Gasteiger partial charge in [0.25, 0.3) is 0 Å². The standard InChI is InChI=1S/C29H34N2O6/c1-20(29(33)30-18-23-8-6-7-9-25(23)35-3)31(19-21-10-13-24(34-2)14-11-21)28(32)17-22-12-15-26(36-4)27(16-22)37-5/h6-16,20H,17-19H2,1-5H3,(H,30,33)/t20-/m0/s1. The third-order valence-corrected chi connectivity index (χ3v) is 6.13. The highest BCUT2D eigenvalue weighted by atomic mass is 16.5. The van der Waals surface area contributed by atoms with Gasteiger partial charge in [-0.15, -0.1) is 0 Å². The van der Waals surface area contributed by atoms with Gasteiger partial charge in [-0.3, -0.25) is 9.59 Å². The lowest BCUT2D eigenvalue weighted by Gasteiger charge is -2.29. The van der Waals surface area contributed by atoms with Crippen LogP contribution in [0, 0.1) is 0 Å². The summed E-state index contributed by atoms with van der Waals surface area (Å²) in [4.78, 5) is 28.3. The van der Waals surface area contributed by atoms with Crippen LogP contribution in [0.15, 0.2) is 66.7 Å². The van der Waals surface area contributed by atoms with Gasteiger partial charge in [-0.05, 0) is 48.4 Å². The molecule has 0 aliphatic rings. The van der Waals surface area contributed by atoms with Crippen molar-refractivity contribution in [2.24, 2.45) is 0 Å². The summed E-state index contributed by atoms with van der Waals surface area (Å²) in [5, 5.41) is 2.94. The second kappa shape index (κ2) is 13.2. The summed E-state index contributed by atoms with van der Waals surface area (Å²) in [6, 6.07) is 19.6. The first-order chi connectivity index (χ1) is 17.9. The Kier molecular flexibility index (Phi) is 9.77. The first kappa shape index (κ1) is 27.4. The molecule has 0 heterocycles. The topological polar surface area (TPSA) is 86.3 Å². The number of nitrogens with zero attached hydrogens (tertiary/aromatic N) is 1. The van der Waals surface area contributed by atoms with Gasteiger partial charge < -0.3 is 29.2 Å². The van der Waals surface area contributed by atoms with E-state index in [-0.39, 0.29) is 31.3 Å². The van der Waals surface area contributed by atoms with E-state index in [9.17, 15) is 9.59 Å². The lowest BCUT2D eigenvalue weighted by atomic mass is 10.1. The van der Waals surface area contributed by atoms with E-state index in [0.29, 0.717) is 17.2 Å². The van der Waals surface area contributed by atoms with Gasteiger partial charge in [-0.25, -0.2) is 0 Å². The molecular formula is C29H34N2O6. The Balaban J connectivity index is 1.80. The van der Waals surface area contributed by atoms with Crippen LogP contribution in [0.5, 0.6) is 23.0 Å². The number of carbonyl (C=O) groups excluding carboxylic acids is 2. The number of rotatable bonds is 12. The zero-order valence-corrected chi connectivity index (χ0v) is 21.9. The fourth-order valence-corrected chi connectivity index (χ4v) is 3.96. The predicted molar refractivity (Wildman–Crippen MR) is 141 cm³/mol. The molecule has 0 fully saturated rings. The summed E-state index contributed by atoms with van der Waals surface area (Å²) in [6.45, 7) is 2.28. The summed E-state index contributed by atoms with van der Waals surface area (Å²) in [7, 11) is 6.30. The highest BCUT2D eigenvalue weighted by Gasteiger charge is 2.26. The number of methoxy groups -OCH3 is 4. The minimum absolute atomic E-state index is 0.0979. The first-order valence-corrected chi connectivity index (χ1v) is 11.9. The maximum atomic E-state index is 13.5. The molecule has 0 bridgehead atoms. The number of hydrogen-bond donors (Lipinski definition) is 1. The van der Waals surface area contributed by atoms with Crippen LogP contribution in [-0.4, -0.2) is 51.2 Å². The quantitative estimate of drug-likeness (QED) is 0.400. The number of para-hydroxylation sites is 1. The van der Waals surface area contributed by atoms with Gasteiger partial charge in [0, 0.05) is 18.7 Å². The third kappa shape index (κ3) is 7.16. The van der Waals surface area contributed by atoms with Crippen molar-refractivity contribution in [2.75, 3.05) is 28.4 Å². The Bertz CT molecular complexity index is 1200. The van der Waals surface area contributed by atoms with Crippen molar-refractivity contribution in [3.8, 4) is 23.0 Å². The number of hydrogen-bond acceptors (Lipinski definition) is 6. The number of benzene rings is 3. The minimum Gasteiger partial charge on any atom is -0.497 e. The van der Waals surface area contributed by atoms with Crippen LogP contribution in [-0.2, 0) is 29.1 Å². The molecule has 0 saturated carbocycles. The van der Waals surface area contributed by atoms with Crippen LogP contribution >= 0.6 is 0 Å². The molecule has 3 aromatic rings. The number of nitrogens with one attached hydrogen (secondary N) is 1. The number of amides is 2. The van der Waals surface area contributed by atoms with E-state index in [1.807, 2.05) is 54.6 Å². The average molecular weight is 507 g/mol. The molecule has 0 spiro atoms. The molecule has 0 aliphatic heterocycles. The van der Waals surface area contributed by atoms with Crippen LogP contribution < -0.4 is 24.3 Å². The fourth-order valence-electron chi connectivity index (χ4n) is 3.96. The monoisotopic (exact) mass is 506 g/mol. The summed E-state index contributed by atoms with van der Waals surface area (Å²) >= 11 is 0. The molecule has 3 aromatic carbocycles. The number of carbonyl (C=O) groups is 2. The van der Waals surface area contributed by atoms with Crippen LogP contribution in [0.2, 0.25) is 0 Å². The molecule has 0 aromatic heterocycles. The molecule has 0 radical (unpaired) electrons. The van der Waals surface area contributed by atoms with Gasteiger partial charge >= 0.3 is 0 Å². The molecule has 3 rings (SSSR count). The Labute approximate surface area is 218 Å². The molecule has 196 valence electrons. The van der Waals surface area contributed by atoms with Crippen molar-refractivity contribution in [3.63, 3.8) is 0 Å². The van der Waals surface area contributed by atoms with E-state index in [4.69, 9.17) is 18.9 Å². The molecule has 8 heteroatoms. The normalized spacial score (nSPS) is 11.3. The van der Waals surface area contributed by atoms with Crippen molar-refractivity contribution in [1.29, 1.82) is 0 Å². The van der Waals surface area contributed by atoms with E-state index >= 15 is 0 Å². The summed E-state index contributed by atoms with van der Waals surface area (Å²) in [5.74, 6) is 2.07. The van der Waals surface area contributed by atoms with Crippen LogP contribution in [0.3, 0.4) is 0 Å². The lowest BCUT2D eigenvalue weighted by molar-refractivity contribution is -0.140. The van der Waals surface area contributed by atoms with E-state index in [1.165, 1.54) is 0 Å². The van der Waals surface area contributed by atoms with Crippen molar-refractivity contribution < 1.29 is 28.5 Å². The van der Waals surface area contributed by atoms with E-state index in [2.05, 4.69) is 5.32 Å². The van der Waals surface area contributed by atoms with E-state index in [1.54, 1.807) is 52.4 Å². The van der Waals surface area contributed by atoms with Crippen molar-refractivity contribution in [3.05, 3.63) is 83.4 Å². The zero-order valence-electron chi connectivity index (χ0n) is 21.9. The molecular weight excluding hydrogens is 472 g/mol. The van der Waals surface area contributed by atoms with Gasteiger partial charge in [-0.2, -0.15) is 0 Å². The Morgan fingerprint density at radius 1 is 0.784 bits per heavy atom. The Morgan fingerprint density at radius 2 is 1.43 bits per heavy atom. The Hall–Kier alpha value is -4.20. The SMILES string of the molecule is COc1ccc(CN(C(=O)Cc2ccc(OC)c(OC)c2)[C@@H](C)C(=O)NCc2ccccc2OC)cc1. The van der Waals surface area contributed by atoms with E-state index in [0.717, 1.165) is 22.4 Å². The molecule has 1 N–H and O–H groups in total. The molecule has 2 amide bonds. The molecule has 0 aliphatic carbocycles. The Morgan fingerprint density at radius 3 is 2.08 bits per heavy atom. The first-order valence-electron chi connectivity index (χ1n) is 11.9. The highest BCUT2D eigenvalue weighted by molar-refractivity contribution is 5.88. The molecule has 1 atom stereocenters. The van der Waals surface area contributed by atoms with Gasteiger partial charge in [0.1, 0.15) is 17.5 Å². The summed E-state index contributed by atoms with van der Waals surface area (Å²) in [6.07, 6.45) is 0.0979. The van der Waals surface area contributed by atoms with Gasteiger partial charge in [-0.1, -0.05) is 36.4 Å².